The molecule has 0 spiro atoms. The Morgan fingerprint density at radius 1 is 1.47 bits per heavy atom. The molecule has 102 valence electrons. The summed E-state index contributed by atoms with van der Waals surface area (Å²) in [4.78, 5) is 0. The fourth-order valence-corrected chi connectivity index (χ4v) is 1.48. The first-order valence-corrected chi connectivity index (χ1v) is 5.88. The molecule has 2 aromatic rings. The molecule has 0 fully saturated rings. The third kappa shape index (κ3) is 3.30. The Morgan fingerprint density at radius 2 is 2.32 bits per heavy atom. The van der Waals surface area contributed by atoms with Crippen LogP contribution in [-0.4, -0.2) is 27.2 Å². The summed E-state index contributed by atoms with van der Waals surface area (Å²) < 4.78 is 18.9. The summed E-state index contributed by atoms with van der Waals surface area (Å²) in [7, 11) is 0. The van der Waals surface area contributed by atoms with Crippen molar-refractivity contribution in [2.75, 3.05) is 17.7 Å². The average molecular weight is 266 g/mol. The number of benzene rings is 1. The van der Waals surface area contributed by atoms with Gasteiger partial charge in [0.25, 0.3) is 0 Å². The molecule has 0 aliphatic heterocycles. The number of anilines is 2. The third-order valence-corrected chi connectivity index (χ3v) is 2.39. The number of nitrogen functional groups attached to an aromatic ring is 1. The van der Waals surface area contributed by atoms with Crippen molar-refractivity contribution in [1.82, 2.24) is 20.6 Å². The summed E-state index contributed by atoms with van der Waals surface area (Å²) >= 11 is 0. The van der Waals surface area contributed by atoms with Gasteiger partial charge in [0, 0.05) is 12.1 Å². The van der Waals surface area contributed by atoms with Crippen molar-refractivity contribution < 1.29 is 9.13 Å². The second-order valence-electron chi connectivity index (χ2n) is 3.90. The first-order valence-electron chi connectivity index (χ1n) is 5.88. The Hall–Kier alpha value is -2.38. The van der Waals surface area contributed by atoms with Gasteiger partial charge in [0.05, 0.1) is 24.5 Å². The number of aromatic amines is 1. The fourth-order valence-electron chi connectivity index (χ4n) is 1.48. The van der Waals surface area contributed by atoms with Crippen LogP contribution in [-0.2, 0) is 6.54 Å². The highest BCUT2D eigenvalue weighted by molar-refractivity contribution is 5.68. The van der Waals surface area contributed by atoms with Crippen LogP contribution in [0, 0.1) is 5.82 Å². The van der Waals surface area contributed by atoms with Crippen LogP contribution in [0.2, 0.25) is 0 Å². The number of halogens is 1. The number of tetrazole rings is 1. The second-order valence-corrected chi connectivity index (χ2v) is 3.90. The standard InChI is InChI=1S/C11H15FN6O/c1-2-3-19-10-5-9(8(13)4-7(10)12)14-6-11-15-17-18-16-11/h4-5,14H,2-3,6,13H2,1H3,(H,15,16,17,18). The molecular formula is C11H15FN6O. The lowest BCUT2D eigenvalue weighted by Crippen LogP contribution is -2.06. The van der Waals surface area contributed by atoms with Crippen LogP contribution in [0.4, 0.5) is 15.8 Å². The van der Waals surface area contributed by atoms with Crippen LogP contribution < -0.4 is 15.8 Å². The van der Waals surface area contributed by atoms with Gasteiger partial charge in [-0.25, -0.2) is 4.39 Å². The molecule has 0 saturated carbocycles. The number of H-pyrrole nitrogens is 1. The Labute approximate surface area is 109 Å². The highest BCUT2D eigenvalue weighted by atomic mass is 19.1. The van der Waals surface area contributed by atoms with E-state index in [4.69, 9.17) is 10.5 Å². The Bertz CT molecular complexity index is 530. The molecule has 8 heteroatoms. The highest BCUT2D eigenvalue weighted by Gasteiger charge is 2.09. The van der Waals surface area contributed by atoms with E-state index in [1.807, 2.05) is 6.92 Å². The lowest BCUT2D eigenvalue weighted by atomic mass is 10.2. The van der Waals surface area contributed by atoms with E-state index in [0.717, 1.165) is 6.42 Å². The number of hydrogen-bond acceptors (Lipinski definition) is 6. The first kappa shape index (κ1) is 13.1. The molecule has 7 nitrogen and oxygen atoms in total. The van der Waals surface area contributed by atoms with E-state index in [1.165, 1.54) is 12.1 Å². The van der Waals surface area contributed by atoms with Gasteiger partial charge < -0.3 is 15.8 Å². The highest BCUT2D eigenvalue weighted by Crippen LogP contribution is 2.28. The SMILES string of the molecule is CCCOc1cc(NCc2nn[nH]n2)c(N)cc1F. The van der Waals surface area contributed by atoms with Crippen molar-refractivity contribution in [3.8, 4) is 5.75 Å². The number of rotatable bonds is 6. The summed E-state index contributed by atoms with van der Waals surface area (Å²) in [6.07, 6.45) is 0.801. The van der Waals surface area contributed by atoms with Gasteiger partial charge in [0.15, 0.2) is 17.4 Å². The number of aromatic nitrogens is 4. The maximum atomic E-state index is 13.6. The summed E-state index contributed by atoms with van der Waals surface area (Å²) in [5.74, 6) is 0.183. The van der Waals surface area contributed by atoms with Gasteiger partial charge in [-0.05, 0) is 6.42 Å². The zero-order chi connectivity index (χ0) is 13.7. The van der Waals surface area contributed by atoms with Crippen molar-refractivity contribution in [3.63, 3.8) is 0 Å². The number of ether oxygens (including phenoxy) is 1. The normalized spacial score (nSPS) is 10.4. The van der Waals surface area contributed by atoms with Crippen LogP contribution in [0.25, 0.3) is 0 Å². The maximum absolute atomic E-state index is 13.6. The summed E-state index contributed by atoms with van der Waals surface area (Å²) in [6.45, 7) is 2.73. The van der Waals surface area contributed by atoms with Gasteiger partial charge in [-0.1, -0.05) is 12.1 Å². The van der Waals surface area contributed by atoms with Gasteiger partial charge in [-0.3, -0.25) is 0 Å². The molecule has 19 heavy (non-hydrogen) atoms. The summed E-state index contributed by atoms with van der Waals surface area (Å²) in [5.41, 5.74) is 6.60. The molecule has 2 rings (SSSR count). The van der Waals surface area contributed by atoms with E-state index in [1.54, 1.807) is 0 Å². The van der Waals surface area contributed by atoms with Crippen LogP contribution in [0.3, 0.4) is 0 Å². The third-order valence-electron chi connectivity index (χ3n) is 2.39. The van der Waals surface area contributed by atoms with Gasteiger partial charge in [-0.2, -0.15) is 5.21 Å². The molecule has 0 amide bonds. The van der Waals surface area contributed by atoms with Gasteiger partial charge in [0.2, 0.25) is 0 Å². The first-order chi connectivity index (χ1) is 9.20. The number of nitrogens with one attached hydrogen (secondary N) is 2. The van der Waals surface area contributed by atoms with E-state index >= 15 is 0 Å². The monoisotopic (exact) mass is 266 g/mol. The number of hydrogen-bond donors (Lipinski definition) is 3. The van der Waals surface area contributed by atoms with E-state index < -0.39 is 5.82 Å². The zero-order valence-corrected chi connectivity index (χ0v) is 10.5. The maximum Gasteiger partial charge on any atom is 0.193 e. The Balaban J connectivity index is 2.10. The summed E-state index contributed by atoms with van der Waals surface area (Å²) in [6, 6.07) is 2.75. The molecule has 1 heterocycles. The quantitative estimate of drug-likeness (QED) is 0.681. The lowest BCUT2D eigenvalue weighted by Gasteiger charge is -2.12. The van der Waals surface area contributed by atoms with E-state index in [0.29, 0.717) is 30.4 Å². The van der Waals surface area contributed by atoms with Gasteiger partial charge >= 0.3 is 0 Å². The molecule has 1 aromatic carbocycles. The minimum atomic E-state index is -0.476. The minimum absolute atomic E-state index is 0.173. The zero-order valence-electron chi connectivity index (χ0n) is 10.5. The molecule has 0 radical (unpaired) electrons. The minimum Gasteiger partial charge on any atom is -0.490 e. The van der Waals surface area contributed by atoms with Crippen LogP contribution in [0.5, 0.6) is 5.75 Å². The molecule has 0 unspecified atom stereocenters. The predicted octanol–water partition coefficient (Wildman–Crippen LogP) is 1.32. The summed E-state index contributed by atoms with van der Waals surface area (Å²) in [5, 5.41) is 16.4. The van der Waals surface area contributed by atoms with E-state index in [9.17, 15) is 4.39 Å². The molecule has 0 aliphatic carbocycles. The van der Waals surface area contributed by atoms with Crippen molar-refractivity contribution in [2.24, 2.45) is 0 Å². The van der Waals surface area contributed by atoms with Crippen molar-refractivity contribution in [1.29, 1.82) is 0 Å². The van der Waals surface area contributed by atoms with Crippen molar-refractivity contribution in [3.05, 3.63) is 23.8 Å². The molecular weight excluding hydrogens is 251 g/mol. The predicted molar refractivity (Wildman–Crippen MR) is 68.1 cm³/mol. The van der Waals surface area contributed by atoms with Crippen LogP contribution in [0.15, 0.2) is 12.1 Å². The molecule has 1 aromatic heterocycles. The molecule has 0 aliphatic rings. The largest absolute Gasteiger partial charge is 0.490 e. The van der Waals surface area contributed by atoms with Gasteiger partial charge in [0.1, 0.15) is 0 Å². The van der Waals surface area contributed by atoms with Crippen LogP contribution >= 0.6 is 0 Å². The number of nitrogens with zero attached hydrogens (tertiary/aromatic N) is 3. The molecule has 0 saturated heterocycles. The second kappa shape index (κ2) is 5.98. The molecule has 0 atom stereocenters. The van der Waals surface area contributed by atoms with Crippen LogP contribution in [0.1, 0.15) is 19.2 Å². The topological polar surface area (TPSA) is 102 Å². The van der Waals surface area contributed by atoms with Crippen molar-refractivity contribution in [2.45, 2.75) is 19.9 Å². The Kier molecular flexibility index (Phi) is 4.11. The smallest absolute Gasteiger partial charge is 0.193 e. The molecule has 0 bridgehead atoms. The van der Waals surface area contributed by atoms with E-state index in [2.05, 4.69) is 25.9 Å². The van der Waals surface area contributed by atoms with E-state index in [-0.39, 0.29) is 5.75 Å². The van der Waals surface area contributed by atoms with Gasteiger partial charge in [-0.15, -0.1) is 10.2 Å². The Morgan fingerprint density at radius 3 is 3.00 bits per heavy atom. The fraction of sp³-hybridized carbons (Fsp3) is 0.364. The van der Waals surface area contributed by atoms with Crippen molar-refractivity contribution >= 4 is 11.4 Å². The molecule has 4 N–H and O–H groups in total. The average Bonchev–Trinajstić information content (AvgIpc) is 2.90. The number of nitrogens with two attached hydrogens (primary N) is 1. The lowest BCUT2D eigenvalue weighted by molar-refractivity contribution is 0.301.